The van der Waals surface area contributed by atoms with E-state index in [2.05, 4.69) is 65.7 Å². The smallest absolute Gasteiger partial charge is 0.234 e. The van der Waals surface area contributed by atoms with Crippen LogP contribution in [0.15, 0.2) is 42.7 Å². The third-order valence-electron chi connectivity index (χ3n) is 9.55. The first kappa shape index (κ1) is 37.6. The second kappa shape index (κ2) is 27.9. The van der Waals surface area contributed by atoms with Crippen LogP contribution >= 0.6 is 0 Å². The number of hydrogen-bond donors (Lipinski definition) is 0. The number of benzene rings is 1. The highest BCUT2D eigenvalue weighted by molar-refractivity contribution is 5.14. The van der Waals surface area contributed by atoms with Crippen LogP contribution in [0.5, 0.6) is 0 Å². The topological polar surface area (TPSA) is 8.81 Å². The maximum Gasteiger partial charge on any atom is 0.256 e. The van der Waals surface area contributed by atoms with Crippen molar-refractivity contribution in [1.29, 1.82) is 0 Å². The molecule has 0 spiro atoms. The maximum absolute atomic E-state index is 2.61. The Kier molecular flexibility index (Phi) is 24.4. The molecular formula is C41H73N2+. The highest BCUT2D eigenvalue weighted by Crippen LogP contribution is 2.15. The molecule has 0 aliphatic rings. The van der Waals surface area contributed by atoms with E-state index in [0.29, 0.717) is 0 Å². The lowest BCUT2D eigenvalue weighted by Crippen LogP contribution is -2.37. The van der Waals surface area contributed by atoms with Gasteiger partial charge in [-0.3, -0.25) is 0 Å². The Morgan fingerprint density at radius 3 is 1.40 bits per heavy atom. The van der Waals surface area contributed by atoms with E-state index in [4.69, 9.17) is 0 Å². The number of rotatable bonds is 31. The summed E-state index contributed by atoms with van der Waals surface area (Å²) in [5.74, 6) is 1.58. The molecule has 0 aliphatic heterocycles. The summed E-state index contributed by atoms with van der Waals surface area (Å²) in [5, 5.41) is 0. The Hall–Kier alpha value is -1.57. The van der Waals surface area contributed by atoms with E-state index >= 15 is 0 Å². The predicted molar refractivity (Wildman–Crippen MR) is 190 cm³/mol. The van der Waals surface area contributed by atoms with Gasteiger partial charge in [-0.2, -0.15) is 0 Å². The normalized spacial score (nSPS) is 11.5. The highest BCUT2D eigenvalue weighted by Gasteiger charge is 2.16. The van der Waals surface area contributed by atoms with E-state index in [1.165, 1.54) is 192 Å². The van der Waals surface area contributed by atoms with Crippen LogP contribution in [0.1, 0.15) is 192 Å². The zero-order valence-corrected chi connectivity index (χ0v) is 29.1. The monoisotopic (exact) mass is 594 g/mol. The minimum Gasteiger partial charge on any atom is -0.234 e. The van der Waals surface area contributed by atoms with Crippen LogP contribution in [0, 0.1) is 0 Å². The molecule has 0 unspecified atom stereocenters. The molecule has 1 aromatic heterocycles. The lowest BCUT2D eigenvalue weighted by Gasteiger charge is -2.07. The third kappa shape index (κ3) is 20.2. The Bertz CT molecular complexity index is 839. The lowest BCUT2D eigenvalue weighted by molar-refractivity contribution is -0.704. The Morgan fingerprint density at radius 1 is 0.465 bits per heavy atom. The Labute approximate surface area is 269 Å². The van der Waals surface area contributed by atoms with Gasteiger partial charge in [0.15, 0.2) is 0 Å². The summed E-state index contributed by atoms with van der Waals surface area (Å²) in [4.78, 5) is 0. The molecular weight excluding hydrogens is 520 g/mol. The zero-order valence-electron chi connectivity index (χ0n) is 29.1. The molecule has 2 rings (SSSR count). The number of aromatic nitrogens is 2. The summed E-state index contributed by atoms with van der Waals surface area (Å²) in [6.07, 6.45) is 44.1. The second-order valence-electron chi connectivity index (χ2n) is 13.6. The average molecular weight is 594 g/mol. The van der Waals surface area contributed by atoms with Gasteiger partial charge in [-0.1, -0.05) is 185 Å². The first-order chi connectivity index (χ1) is 21.3. The highest BCUT2D eigenvalue weighted by atomic mass is 15.1. The van der Waals surface area contributed by atoms with E-state index < -0.39 is 0 Å². The minimum absolute atomic E-state index is 1.15. The van der Waals surface area contributed by atoms with E-state index in [-0.39, 0.29) is 0 Å². The van der Waals surface area contributed by atoms with Gasteiger partial charge in [0, 0.05) is 6.42 Å². The largest absolute Gasteiger partial charge is 0.256 e. The summed E-state index contributed by atoms with van der Waals surface area (Å²) < 4.78 is 5.19. The van der Waals surface area contributed by atoms with Crippen molar-refractivity contribution < 1.29 is 4.57 Å². The van der Waals surface area contributed by atoms with Crippen LogP contribution in [-0.4, -0.2) is 4.57 Å². The molecule has 2 aromatic rings. The first-order valence-electron chi connectivity index (χ1n) is 19.5. The summed E-state index contributed by atoms with van der Waals surface area (Å²) in [5.41, 5.74) is 1.47. The number of imidazole rings is 1. The van der Waals surface area contributed by atoms with E-state index in [1.807, 2.05) is 0 Å². The Balaban J connectivity index is 1.60. The van der Waals surface area contributed by atoms with Gasteiger partial charge in [0.2, 0.25) is 0 Å². The fourth-order valence-corrected chi connectivity index (χ4v) is 6.71. The molecule has 0 fully saturated rings. The van der Waals surface area contributed by atoms with E-state index in [1.54, 1.807) is 5.82 Å². The minimum atomic E-state index is 1.15. The number of hydrogen-bond acceptors (Lipinski definition) is 0. The molecule has 2 heteroatoms. The fraction of sp³-hybridized carbons (Fsp3) is 0.780. The third-order valence-corrected chi connectivity index (χ3v) is 9.55. The van der Waals surface area contributed by atoms with Crippen molar-refractivity contribution in [3.05, 3.63) is 54.1 Å². The Morgan fingerprint density at radius 2 is 0.907 bits per heavy atom. The molecule has 2 nitrogen and oxygen atoms in total. The van der Waals surface area contributed by atoms with Gasteiger partial charge in [0.05, 0.1) is 13.1 Å². The second-order valence-corrected chi connectivity index (χ2v) is 13.6. The standard InChI is InChI=1S/C41H73N2/c1-3-5-7-9-11-13-14-15-16-17-18-19-21-23-25-30-36-42-38-39-43(37-31-34-40-32-27-26-28-33-40)41(42)35-29-24-22-20-12-10-8-6-4-2/h26-28,32-33,38-39H,3-25,29-31,34-37H2,1-2H3/q+1. The number of nitrogens with zero attached hydrogens (tertiary/aromatic N) is 2. The molecule has 246 valence electrons. The molecule has 0 N–H and O–H groups in total. The van der Waals surface area contributed by atoms with Crippen molar-refractivity contribution in [1.82, 2.24) is 4.57 Å². The van der Waals surface area contributed by atoms with Crippen molar-refractivity contribution in [3.63, 3.8) is 0 Å². The number of unbranched alkanes of at least 4 members (excludes halogenated alkanes) is 23. The van der Waals surface area contributed by atoms with E-state index in [9.17, 15) is 0 Å². The van der Waals surface area contributed by atoms with Crippen molar-refractivity contribution in [2.75, 3.05) is 0 Å². The summed E-state index contributed by atoms with van der Waals surface area (Å²) in [7, 11) is 0. The fourth-order valence-electron chi connectivity index (χ4n) is 6.71. The van der Waals surface area contributed by atoms with Gasteiger partial charge in [0.25, 0.3) is 5.82 Å². The van der Waals surface area contributed by atoms with Crippen LogP contribution in [0.2, 0.25) is 0 Å². The summed E-state index contributed by atoms with van der Waals surface area (Å²) in [6, 6.07) is 11.0. The molecule has 0 amide bonds. The molecule has 0 saturated carbocycles. The van der Waals surface area contributed by atoms with Gasteiger partial charge >= 0.3 is 0 Å². The average Bonchev–Trinajstić information content (AvgIpc) is 3.41. The number of aryl methyl sites for hydroxylation is 3. The van der Waals surface area contributed by atoms with Crippen molar-refractivity contribution in [3.8, 4) is 0 Å². The van der Waals surface area contributed by atoms with E-state index in [0.717, 1.165) is 6.54 Å². The summed E-state index contributed by atoms with van der Waals surface area (Å²) >= 11 is 0. The van der Waals surface area contributed by atoms with Gasteiger partial charge < -0.3 is 0 Å². The molecule has 0 atom stereocenters. The summed E-state index contributed by atoms with van der Waals surface area (Å²) in [6.45, 7) is 6.97. The van der Waals surface area contributed by atoms with Crippen molar-refractivity contribution in [2.24, 2.45) is 0 Å². The van der Waals surface area contributed by atoms with Crippen molar-refractivity contribution >= 4 is 0 Å². The van der Waals surface area contributed by atoms with Crippen LogP contribution in [-0.2, 0) is 25.9 Å². The quantitative estimate of drug-likeness (QED) is 0.0607. The van der Waals surface area contributed by atoms with Crippen LogP contribution < -0.4 is 4.57 Å². The molecule has 0 radical (unpaired) electrons. The van der Waals surface area contributed by atoms with Crippen LogP contribution in [0.3, 0.4) is 0 Å². The first-order valence-corrected chi connectivity index (χ1v) is 19.5. The molecule has 1 aromatic carbocycles. The van der Waals surface area contributed by atoms with Gasteiger partial charge in [-0.15, -0.1) is 0 Å². The molecule has 1 heterocycles. The van der Waals surface area contributed by atoms with Gasteiger partial charge in [0.1, 0.15) is 12.4 Å². The van der Waals surface area contributed by atoms with Crippen molar-refractivity contribution in [2.45, 2.75) is 207 Å². The molecule has 0 aliphatic carbocycles. The molecule has 43 heavy (non-hydrogen) atoms. The van der Waals surface area contributed by atoms with Crippen LogP contribution in [0.4, 0.5) is 0 Å². The SMILES string of the molecule is CCCCCCCCCCCCCCCCCCn1cc[n+](CCCc2ccccc2)c1CCCCCCCCCCC. The van der Waals surface area contributed by atoms with Crippen LogP contribution in [0.25, 0.3) is 0 Å². The maximum atomic E-state index is 2.61. The lowest BCUT2D eigenvalue weighted by atomic mass is 10.0. The van der Waals surface area contributed by atoms with Gasteiger partial charge in [-0.25, -0.2) is 9.13 Å². The zero-order chi connectivity index (χ0) is 30.5. The predicted octanol–water partition coefficient (Wildman–Crippen LogP) is 12.7. The molecule has 0 saturated heterocycles. The van der Waals surface area contributed by atoms with Gasteiger partial charge in [-0.05, 0) is 37.7 Å². The molecule has 0 bridgehead atoms.